The van der Waals surface area contributed by atoms with Gasteiger partial charge in [-0.25, -0.2) is 5.43 Å². The molecule has 0 spiro atoms. The Morgan fingerprint density at radius 2 is 1.84 bits per heavy atom. The van der Waals surface area contributed by atoms with Crippen molar-refractivity contribution in [2.24, 2.45) is 5.10 Å². The number of nitro groups is 1. The third-order valence-corrected chi connectivity index (χ3v) is 5.64. The predicted molar refractivity (Wildman–Crippen MR) is 140 cm³/mol. The third-order valence-electron chi connectivity index (χ3n) is 5.23. The summed E-state index contributed by atoms with van der Waals surface area (Å²) in [4.78, 5) is 36.6. The lowest BCUT2D eigenvalue weighted by Crippen LogP contribution is -2.33. The van der Waals surface area contributed by atoms with Gasteiger partial charge in [0.2, 0.25) is 0 Å². The van der Waals surface area contributed by atoms with Crippen LogP contribution in [0.1, 0.15) is 34.0 Å². The second-order valence-electron chi connectivity index (χ2n) is 7.82. The van der Waals surface area contributed by atoms with Gasteiger partial charge in [-0.15, -0.1) is 0 Å². The van der Waals surface area contributed by atoms with Crippen molar-refractivity contribution in [3.05, 3.63) is 104 Å². The van der Waals surface area contributed by atoms with Crippen LogP contribution < -0.4 is 15.5 Å². The first-order chi connectivity index (χ1) is 17.6. The molecule has 3 N–H and O–H groups in total. The summed E-state index contributed by atoms with van der Waals surface area (Å²) in [6, 6.07) is 15.3. The Labute approximate surface area is 217 Å². The van der Waals surface area contributed by atoms with Crippen molar-refractivity contribution in [3.8, 4) is 11.5 Å². The molecular weight excluding hydrogens is 500 g/mol. The molecule has 2 amide bonds. The largest absolute Gasteiger partial charge is 0.507 e. The van der Waals surface area contributed by atoms with E-state index < -0.39 is 16.7 Å². The Balaban J connectivity index is 1.96. The molecule has 0 aliphatic rings. The molecule has 11 heteroatoms. The highest BCUT2D eigenvalue weighted by atomic mass is 35.5. The Morgan fingerprint density at radius 3 is 2.49 bits per heavy atom. The summed E-state index contributed by atoms with van der Waals surface area (Å²) in [7, 11) is 1.30. The van der Waals surface area contributed by atoms with Gasteiger partial charge in [0, 0.05) is 22.2 Å². The first kappa shape index (κ1) is 26.9. The lowest BCUT2D eigenvalue weighted by atomic mass is 10.1. The molecule has 3 aromatic rings. The van der Waals surface area contributed by atoms with E-state index in [-0.39, 0.29) is 34.2 Å². The van der Waals surface area contributed by atoms with Gasteiger partial charge < -0.3 is 15.2 Å². The van der Waals surface area contributed by atoms with Crippen molar-refractivity contribution in [2.45, 2.75) is 13.8 Å². The molecule has 0 atom stereocenters. The normalized spacial score (nSPS) is 11.6. The van der Waals surface area contributed by atoms with Crippen molar-refractivity contribution >= 4 is 40.9 Å². The topological polar surface area (TPSA) is 143 Å². The second-order valence-corrected chi connectivity index (χ2v) is 8.23. The van der Waals surface area contributed by atoms with Crippen LogP contribution in [0.15, 0.2) is 71.5 Å². The fourth-order valence-corrected chi connectivity index (χ4v) is 3.42. The average Bonchev–Trinajstić information content (AvgIpc) is 2.89. The number of hydrogen-bond acceptors (Lipinski definition) is 7. The van der Waals surface area contributed by atoms with E-state index in [1.54, 1.807) is 44.2 Å². The lowest BCUT2D eigenvalue weighted by molar-refractivity contribution is -0.385. The minimum Gasteiger partial charge on any atom is -0.507 e. The van der Waals surface area contributed by atoms with E-state index in [4.69, 9.17) is 16.3 Å². The standard InChI is InChI=1S/C26H23ClN4O6/c1-15-11-23(32)19(14-20(15)27)16(2)29-30-26(34)21(28-25(33)18-7-5-4-6-8-18)12-17-9-10-24(37-3)22(13-17)31(35)36/h4-14,32H,1-3H3,(H,28,33)(H,30,34). The highest BCUT2D eigenvalue weighted by Gasteiger charge is 2.18. The first-order valence-electron chi connectivity index (χ1n) is 10.8. The summed E-state index contributed by atoms with van der Waals surface area (Å²) in [6.07, 6.45) is 1.27. The van der Waals surface area contributed by atoms with Crippen LogP contribution >= 0.6 is 11.6 Å². The zero-order valence-corrected chi connectivity index (χ0v) is 20.9. The molecule has 0 bridgehead atoms. The van der Waals surface area contributed by atoms with Gasteiger partial charge in [0.25, 0.3) is 11.8 Å². The van der Waals surface area contributed by atoms with E-state index in [0.29, 0.717) is 21.7 Å². The number of carbonyl (C=O) groups is 2. The third kappa shape index (κ3) is 6.71. The number of phenols is 1. The van der Waals surface area contributed by atoms with Crippen molar-refractivity contribution in [3.63, 3.8) is 0 Å². The van der Waals surface area contributed by atoms with E-state index in [2.05, 4.69) is 15.8 Å². The fourth-order valence-electron chi connectivity index (χ4n) is 3.26. The molecule has 0 aliphatic carbocycles. The zero-order chi connectivity index (χ0) is 27.1. The van der Waals surface area contributed by atoms with Crippen LogP contribution in [-0.2, 0) is 4.79 Å². The van der Waals surface area contributed by atoms with Crippen molar-refractivity contribution in [1.29, 1.82) is 0 Å². The van der Waals surface area contributed by atoms with Crippen LogP contribution in [0.2, 0.25) is 5.02 Å². The highest BCUT2D eigenvalue weighted by molar-refractivity contribution is 6.31. The summed E-state index contributed by atoms with van der Waals surface area (Å²) >= 11 is 6.14. The number of hydrogen-bond donors (Lipinski definition) is 3. The fraction of sp³-hybridized carbons (Fsp3) is 0.115. The molecule has 0 saturated heterocycles. The molecule has 190 valence electrons. The molecule has 0 heterocycles. The first-order valence-corrected chi connectivity index (χ1v) is 11.2. The van der Waals surface area contributed by atoms with Crippen LogP contribution in [0.5, 0.6) is 11.5 Å². The van der Waals surface area contributed by atoms with Gasteiger partial charge in [-0.05, 0) is 61.4 Å². The van der Waals surface area contributed by atoms with Crippen molar-refractivity contribution in [1.82, 2.24) is 10.7 Å². The maximum Gasteiger partial charge on any atom is 0.311 e. The molecular formula is C26H23ClN4O6. The van der Waals surface area contributed by atoms with Gasteiger partial charge >= 0.3 is 5.69 Å². The number of rotatable bonds is 8. The minimum absolute atomic E-state index is 0.0401. The van der Waals surface area contributed by atoms with Crippen LogP contribution in [0.4, 0.5) is 5.69 Å². The zero-order valence-electron chi connectivity index (χ0n) is 20.1. The molecule has 0 radical (unpaired) electrons. The van der Waals surface area contributed by atoms with E-state index >= 15 is 0 Å². The number of halogens is 1. The SMILES string of the molecule is COc1ccc(C=C(NC(=O)c2ccccc2)C(=O)NN=C(C)c2cc(Cl)c(C)cc2O)cc1[N+](=O)[O-]. The van der Waals surface area contributed by atoms with Crippen LogP contribution in [-0.4, -0.2) is 34.7 Å². The smallest absolute Gasteiger partial charge is 0.311 e. The molecule has 37 heavy (non-hydrogen) atoms. The summed E-state index contributed by atoms with van der Waals surface area (Å²) < 4.78 is 5.01. The maximum atomic E-state index is 13.0. The van der Waals surface area contributed by atoms with E-state index in [9.17, 15) is 24.8 Å². The molecule has 0 fully saturated rings. The van der Waals surface area contributed by atoms with Gasteiger partial charge in [-0.3, -0.25) is 19.7 Å². The van der Waals surface area contributed by atoms with Crippen LogP contribution in [0.3, 0.4) is 0 Å². The molecule has 10 nitrogen and oxygen atoms in total. The number of nitro benzene ring substituents is 1. The number of carbonyl (C=O) groups excluding carboxylic acids is 2. The number of benzene rings is 3. The molecule has 0 aliphatic heterocycles. The van der Waals surface area contributed by atoms with Crippen molar-refractivity contribution < 1.29 is 24.4 Å². The second kappa shape index (κ2) is 11.8. The van der Waals surface area contributed by atoms with Gasteiger partial charge in [0.1, 0.15) is 11.4 Å². The number of nitrogens with zero attached hydrogens (tertiary/aromatic N) is 2. The number of hydrazone groups is 1. The van der Waals surface area contributed by atoms with Crippen molar-refractivity contribution in [2.75, 3.05) is 7.11 Å². The number of aromatic hydroxyl groups is 1. The molecule has 0 saturated carbocycles. The number of ether oxygens (including phenoxy) is 1. The van der Waals surface area contributed by atoms with Gasteiger partial charge in [0.15, 0.2) is 5.75 Å². The Hall–Kier alpha value is -4.70. The van der Waals surface area contributed by atoms with E-state index in [1.165, 1.54) is 43.5 Å². The predicted octanol–water partition coefficient (Wildman–Crippen LogP) is 4.58. The number of phenolic OH excluding ortho intramolecular Hbond substituents is 1. The quantitative estimate of drug-likeness (QED) is 0.171. The number of methoxy groups -OCH3 is 1. The van der Waals surface area contributed by atoms with Gasteiger partial charge in [-0.2, -0.15) is 5.10 Å². The number of amides is 2. The molecule has 3 rings (SSSR count). The highest BCUT2D eigenvalue weighted by Crippen LogP contribution is 2.28. The Bertz CT molecular complexity index is 1420. The summed E-state index contributed by atoms with van der Waals surface area (Å²) in [6.45, 7) is 3.29. The van der Waals surface area contributed by atoms with Crippen LogP contribution in [0, 0.1) is 17.0 Å². The van der Waals surface area contributed by atoms with Gasteiger partial charge in [-0.1, -0.05) is 35.9 Å². The molecule has 3 aromatic carbocycles. The number of nitrogens with one attached hydrogen (secondary N) is 2. The monoisotopic (exact) mass is 522 g/mol. The Morgan fingerprint density at radius 1 is 1.14 bits per heavy atom. The van der Waals surface area contributed by atoms with Gasteiger partial charge in [0.05, 0.1) is 17.7 Å². The molecule has 0 aromatic heterocycles. The van der Waals surface area contributed by atoms with E-state index in [0.717, 1.165) is 0 Å². The summed E-state index contributed by atoms with van der Waals surface area (Å²) in [5.41, 5.74) is 3.57. The van der Waals surface area contributed by atoms with Crippen LogP contribution in [0.25, 0.3) is 6.08 Å². The lowest BCUT2D eigenvalue weighted by Gasteiger charge is -2.11. The molecule has 0 unspecified atom stereocenters. The Kier molecular flexibility index (Phi) is 8.59. The summed E-state index contributed by atoms with van der Waals surface area (Å²) in [5.74, 6) is -1.41. The van der Waals surface area contributed by atoms with E-state index in [1.807, 2.05) is 0 Å². The number of aryl methyl sites for hydroxylation is 1. The summed E-state index contributed by atoms with van der Waals surface area (Å²) in [5, 5.41) is 28.6. The minimum atomic E-state index is -0.806. The average molecular weight is 523 g/mol. The maximum absolute atomic E-state index is 13.0.